The fourth-order valence-corrected chi connectivity index (χ4v) is 2.88. The Balaban J connectivity index is 2.01. The summed E-state index contributed by atoms with van der Waals surface area (Å²) in [4.78, 5) is 0. The molecule has 0 amide bonds. The first kappa shape index (κ1) is 16.1. The van der Waals surface area contributed by atoms with E-state index in [4.69, 9.17) is 4.74 Å². The van der Waals surface area contributed by atoms with Crippen LogP contribution in [0.25, 0.3) is 11.1 Å². The Morgan fingerprint density at radius 3 is 2.04 bits per heavy atom. The van der Waals surface area contributed by atoms with Gasteiger partial charge in [0.1, 0.15) is 5.75 Å². The van der Waals surface area contributed by atoms with Gasteiger partial charge in [-0.05, 0) is 35.4 Å². The van der Waals surface area contributed by atoms with E-state index in [1.807, 2.05) is 66.7 Å². The molecule has 122 valence electrons. The normalized spacial score (nSPS) is 11.0. The van der Waals surface area contributed by atoms with Crippen molar-refractivity contribution in [1.82, 2.24) is 0 Å². The van der Waals surface area contributed by atoms with E-state index < -0.39 is 10.0 Å². The van der Waals surface area contributed by atoms with Crippen LogP contribution in [0.2, 0.25) is 0 Å². The van der Waals surface area contributed by atoms with E-state index in [9.17, 15) is 8.42 Å². The molecule has 0 radical (unpaired) electrons. The van der Waals surface area contributed by atoms with Crippen molar-refractivity contribution < 1.29 is 13.2 Å². The first-order valence-electron chi connectivity index (χ1n) is 7.41. The van der Waals surface area contributed by atoms with E-state index in [0.717, 1.165) is 17.4 Å². The van der Waals surface area contributed by atoms with Crippen LogP contribution in [0.5, 0.6) is 11.5 Å². The molecule has 0 aromatic heterocycles. The maximum absolute atomic E-state index is 11.7. The summed E-state index contributed by atoms with van der Waals surface area (Å²) >= 11 is 0. The second kappa shape index (κ2) is 6.76. The van der Waals surface area contributed by atoms with E-state index in [-0.39, 0.29) is 0 Å². The predicted molar refractivity (Wildman–Crippen MR) is 96.9 cm³/mol. The number of benzene rings is 3. The summed E-state index contributed by atoms with van der Waals surface area (Å²) in [7, 11) is -3.42. The molecule has 0 fully saturated rings. The van der Waals surface area contributed by atoms with E-state index in [1.165, 1.54) is 0 Å². The fraction of sp³-hybridized carbons (Fsp3) is 0.0526. The lowest BCUT2D eigenvalue weighted by Gasteiger charge is -2.14. The van der Waals surface area contributed by atoms with E-state index in [0.29, 0.717) is 17.2 Å². The topological polar surface area (TPSA) is 55.4 Å². The van der Waals surface area contributed by atoms with Crippen LogP contribution in [0.4, 0.5) is 5.69 Å². The van der Waals surface area contributed by atoms with Crippen molar-refractivity contribution >= 4 is 15.7 Å². The molecule has 0 saturated carbocycles. The molecule has 4 nitrogen and oxygen atoms in total. The Morgan fingerprint density at radius 1 is 0.792 bits per heavy atom. The number of hydrogen-bond donors (Lipinski definition) is 1. The summed E-state index contributed by atoms with van der Waals surface area (Å²) in [5.74, 6) is 1.09. The van der Waals surface area contributed by atoms with Crippen LogP contribution in [0.3, 0.4) is 0 Å². The maximum Gasteiger partial charge on any atom is 0.229 e. The molecule has 3 rings (SSSR count). The average molecular weight is 339 g/mol. The Morgan fingerprint density at radius 2 is 1.42 bits per heavy atom. The molecule has 0 heterocycles. The lowest BCUT2D eigenvalue weighted by Crippen LogP contribution is -2.10. The minimum absolute atomic E-state index is 0.405. The first-order chi connectivity index (χ1) is 11.5. The third-order valence-corrected chi connectivity index (χ3v) is 3.94. The molecule has 0 atom stereocenters. The highest BCUT2D eigenvalue weighted by atomic mass is 32.2. The first-order valence-corrected chi connectivity index (χ1v) is 9.30. The highest BCUT2D eigenvalue weighted by Crippen LogP contribution is 2.34. The largest absolute Gasteiger partial charge is 0.455 e. The van der Waals surface area contributed by atoms with Crippen molar-refractivity contribution in [2.24, 2.45) is 0 Å². The van der Waals surface area contributed by atoms with Crippen LogP contribution in [0, 0.1) is 0 Å². The number of sulfonamides is 1. The van der Waals surface area contributed by atoms with Crippen LogP contribution >= 0.6 is 0 Å². The molecule has 0 bridgehead atoms. The van der Waals surface area contributed by atoms with Crippen molar-refractivity contribution in [2.75, 3.05) is 11.0 Å². The predicted octanol–water partition coefficient (Wildman–Crippen LogP) is 4.52. The number of nitrogens with one attached hydrogen (secondary N) is 1. The summed E-state index contributed by atoms with van der Waals surface area (Å²) in [5, 5.41) is 0. The van der Waals surface area contributed by atoms with Gasteiger partial charge >= 0.3 is 0 Å². The van der Waals surface area contributed by atoms with Crippen LogP contribution in [0.1, 0.15) is 0 Å². The van der Waals surface area contributed by atoms with Gasteiger partial charge in [-0.15, -0.1) is 0 Å². The van der Waals surface area contributed by atoms with Gasteiger partial charge < -0.3 is 4.74 Å². The molecule has 5 heteroatoms. The van der Waals surface area contributed by atoms with Crippen molar-refractivity contribution in [2.45, 2.75) is 0 Å². The third-order valence-electron chi connectivity index (χ3n) is 3.35. The van der Waals surface area contributed by atoms with Gasteiger partial charge in [0.2, 0.25) is 10.0 Å². The van der Waals surface area contributed by atoms with Crippen LogP contribution < -0.4 is 9.46 Å². The summed E-state index contributed by atoms with van der Waals surface area (Å²) in [6, 6.07) is 24.4. The van der Waals surface area contributed by atoms with Crippen LogP contribution in [-0.2, 0) is 10.0 Å². The van der Waals surface area contributed by atoms with E-state index >= 15 is 0 Å². The zero-order valence-electron chi connectivity index (χ0n) is 13.1. The lowest BCUT2D eigenvalue weighted by molar-refractivity contribution is 0.485. The van der Waals surface area contributed by atoms with E-state index in [1.54, 1.807) is 12.1 Å². The quantitative estimate of drug-likeness (QED) is 0.744. The van der Waals surface area contributed by atoms with Gasteiger partial charge in [0.05, 0.1) is 11.9 Å². The number of hydrogen-bond acceptors (Lipinski definition) is 3. The SMILES string of the molecule is CS(=O)(=O)Nc1cc(-c2ccccc2)ccc1Oc1ccccc1. The summed E-state index contributed by atoms with van der Waals surface area (Å²) in [6.07, 6.45) is 1.12. The van der Waals surface area contributed by atoms with Crippen LogP contribution in [0.15, 0.2) is 78.9 Å². The standard InChI is InChI=1S/C19H17NO3S/c1-24(21,22)20-18-14-16(15-8-4-2-5-9-15)12-13-19(18)23-17-10-6-3-7-11-17/h2-14,20H,1H3. The Kier molecular flexibility index (Phi) is 4.53. The minimum Gasteiger partial charge on any atom is -0.455 e. The molecule has 0 aliphatic rings. The highest BCUT2D eigenvalue weighted by Gasteiger charge is 2.11. The van der Waals surface area contributed by atoms with Gasteiger partial charge in [-0.25, -0.2) is 8.42 Å². The molecule has 24 heavy (non-hydrogen) atoms. The second-order valence-electron chi connectivity index (χ2n) is 5.37. The zero-order valence-corrected chi connectivity index (χ0v) is 14.0. The number of rotatable bonds is 5. The van der Waals surface area contributed by atoms with Gasteiger partial charge in [-0.2, -0.15) is 0 Å². The van der Waals surface area contributed by atoms with Crippen molar-refractivity contribution in [3.63, 3.8) is 0 Å². The average Bonchev–Trinajstić information content (AvgIpc) is 2.57. The maximum atomic E-state index is 11.7. The van der Waals surface area contributed by atoms with Gasteiger partial charge in [-0.1, -0.05) is 54.6 Å². The zero-order chi connectivity index (χ0) is 17.0. The van der Waals surface area contributed by atoms with Crippen LogP contribution in [-0.4, -0.2) is 14.7 Å². The van der Waals surface area contributed by atoms with Crippen molar-refractivity contribution in [3.05, 3.63) is 78.9 Å². The number of anilines is 1. The fourth-order valence-electron chi connectivity index (χ4n) is 2.32. The molecule has 3 aromatic rings. The second-order valence-corrected chi connectivity index (χ2v) is 7.11. The molecule has 0 saturated heterocycles. The molecular weight excluding hydrogens is 322 g/mol. The van der Waals surface area contributed by atoms with Gasteiger partial charge in [0, 0.05) is 0 Å². The Labute approximate surface area is 141 Å². The minimum atomic E-state index is -3.42. The molecule has 0 spiro atoms. The molecule has 3 aromatic carbocycles. The van der Waals surface area contributed by atoms with Crippen molar-refractivity contribution in [1.29, 1.82) is 0 Å². The molecule has 0 aliphatic heterocycles. The van der Waals surface area contributed by atoms with Gasteiger partial charge in [0.15, 0.2) is 5.75 Å². The Bertz CT molecular complexity index is 923. The van der Waals surface area contributed by atoms with Gasteiger partial charge in [0.25, 0.3) is 0 Å². The molecule has 1 N–H and O–H groups in total. The molecule has 0 aliphatic carbocycles. The van der Waals surface area contributed by atoms with E-state index in [2.05, 4.69) is 4.72 Å². The molecular formula is C19H17NO3S. The summed E-state index contributed by atoms with van der Waals surface area (Å²) in [6.45, 7) is 0. The lowest BCUT2D eigenvalue weighted by atomic mass is 10.1. The number of ether oxygens (including phenoxy) is 1. The number of para-hydroxylation sites is 1. The highest BCUT2D eigenvalue weighted by molar-refractivity contribution is 7.92. The summed E-state index contributed by atoms with van der Waals surface area (Å²) < 4.78 is 31.7. The molecule has 0 unspecified atom stereocenters. The third kappa shape index (κ3) is 4.14. The smallest absolute Gasteiger partial charge is 0.229 e. The summed E-state index contributed by atoms with van der Waals surface area (Å²) in [5.41, 5.74) is 2.31. The monoisotopic (exact) mass is 339 g/mol. The van der Waals surface area contributed by atoms with Crippen molar-refractivity contribution in [3.8, 4) is 22.6 Å². The van der Waals surface area contributed by atoms with Gasteiger partial charge in [-0.3, -0.25) is 4.72 Å². The Hall–Kier alpha value is -2.79.